The molecule has 0 N–H and O–H groups in total. The van der Waals surface area contributed by atoms with Crippen molar-refractivity contribution in [1.82, 2.24) is 0 Å². The van der Waals surface area contributed by atoms with Crippen molar-refractivity contribution < 1.29 is 81.2 Å². The zero-order valence-corrected chi connectivity index (χ0v) is 21.3. The minimum absolute atomic E-state index is 0.453. The summed E-state index contributed by atoms with van der Waals surface area (Å²) in [6.07, 6.45) is -31.3. The fourth-order valence-electron chi connectivity index (χ4n) is 3.06. The normalized spacial score (nSPS) is 14.4. The second-order valence-corrected chi connectivity index (χ2v) is 10.1. The second kappa shape index (κ2) is 10.4. The van der Waals surface area contributed by atoms with Crippen LogP contribution in [0.15, 0.2) is 24.3 Å². The third kappa shape index (κ3) is 7.16. The summed E-state index contributed by atoms with van der Waals surface area (Å²) >= 11 is 0. The molecule has 0 aromatic heterocycles. The lowest BCUT2D eigenvalue weighted by Crippen LogP contribution is -2.58. The minimum atomic E-state index is -6.57. The standard InChI is InChI=1S/C22H22F12O6/c1-15(2,3)37-13(35)39-17(19(23,24)25,20(26,27)28)11-7-9-12(10-8-11)18(21(29,30)31,22(32,33)34)40-14(36)38-16(4,5)6/h7-10H,1-6H3. The van der Waals surface area contributed by atoms with Crippen LogP contribution < -0.4 is 0 Å². The summed E-state index contributed by atoms with van der Waals surface area (Å²) < 4.78 is 183. The molecule has 0 aliphatic rings. The molecular weight excluding hydrogens is 588 g/mol. The summed E-state index contributed by atoms with van der Waals surface area (Å²) in [4.78, 5) is 23.7. The molecule has 0 aliphatic heterocycles. The maximum Gasteiger partial charge on any atom is 0.510 e. The molecule has 230 valence electrons. The van der Waals surface area contributed by atoms with Crippen molar-refractivity contribution in [3.05, 3.63) is 35.4 Å². The number of carbonyl (C=O) groups is 2. The van der Waals surface area contributed by atoms with Crippen molar-refractivity contribution >= 4 is 12.3 Å². The number of ether oxygens (including phenoxy) is 4. The van der Waals surface area contributed by atoms with E-state index < -0.39 is 94.8 Å². The molecular formula is C22H22F12O6. The van der Waals surface area contributed by atoms with Gasteiger partial charge < -0.3 is 18.9 Å². The SMILES string of the molecule is CC(C)(C)OC(=O)OC(c1ccc(C(OC(=O)OC(C)(C)C)(C(F)(F)F)C(F)(F)F)cc1)(C(F)(F)F)C(F)(F)F. The van der Waals surface area contributed by atoms with Crippen molar-refractivity contribution in [3.63, 3.8) is 0 Å². The van der Waals surface area contributed by atoms with Gasteiger partial charge in [-0.2, -0.15) is 52.7 Å². The number of hydrogen-bond donors (Lipinski definition) is 0. The second-order valence-electron chi connectivity index (χ2n) is 10.1. The van der Waals surface area contributed by atoms with Crippen LogP contribution in [-0.2, 0) is 30.1 Å². The van der Waals surface area contributed by atoms with Crippen molar-refractivity contribution in [2.75, 3.05) is 0 Å². The summed E-state index contributed by atoms with van der Waals surface area (Å²) in [5.41, 5.74) is -18.9. The van der Waals surface area contributed by atoms with Crippen LogP contribution in [0.4, 0.5) is 62.3 Å². The largest absolute Gasteiger partial charge is 0.510 e. The molecule has 0 radical (unpaired) electrons. The van der Waals surface area contributed by atoms with Crippen LogP contribution in [-0.4, -0.2) is 48.2 Å². The molecule has 0 bridgehead atoms. The monoisotopic (exact) mass is 610 g/mol. The molecule has 18 heteroatoms. The summed E-state index contributed by atoms with van der Waals surface area (Å²) in [6.45, 7) is 6.28. The number of benzene rings is 1. The Hall–Kier alpha value is -3.08. The van der Waals surface area contributed by atoms with Gasteiger partial charge in [0.1, 0.15) is 11.2 Å². The highest BCUT2D eigenvalue weighted by atomic mass is 19.4. The highest BCUT2D eigenvalue weighted by molar-refractivity contribution is 5.63. The van der Waals surface area contributed by atoms with Crippen LogP contribution in [0.25, 0.3) is 0 Å². The highest BCUT2D eigenvalue weighted by Gasteiger charge is 2.77. The first-order valence-corrected chi connectivity index (χ1v) is 10.6. The van der Waals surface area contributed by atoms with Gasteiger partial charge in [-0.15, -0.1) is 0 Å². The van der Waals surface area contributed by atoms with Gasteiger partial charge in [-0.25, -0.2) is 9.59 Å². The van der Waals surface area contributed by atoms with Gasteiger partial charge in [0.15, 0.2) is 0 Å². The molecule has 0 spiro atoms. The Labute approximate surface area is 218 Å². The molecule has 0 amide bonds. The van der Waals surface area contributed by atoms with Gasteiger partial charge in [-0.3, -0.25) is 0 Å². The van der Waals surface area contributed by atoms with E-state index >= 15 is 0 Å². The number of carbonyl (C=O) groups excluding carboxylic acids is 2. The first-order chi connectivity index (χ1) is 17.4. The first kappa shape index (κ1) is 34.9. The van der Waals surface area contributed by atoms with Crippen LogP contribution in [0, 0.1) is 0 Å². The van der Waals surface area contributed by atoms with Crippen molar-refractivity contribution in [3.8, 4) is 0 Å². The third-order valence-corrected chi connectivity index (χ3v) is 4.55. The number of rotatable bonds is 4. The Morgan fingerprint density at radius 2 is 0.650 bits per heavy atom. The Morgan fingerprint density at radius 1 is 0.450 bits per heavy atom. The molecule has 0 fully saturated rings. The first-order valence-electron chi connectivity index (χ1n) is 10.6. The van der Waals surface area contributed by atoms with Gasteiger partial charge in [0.2, 0.25) is 0 Å². The van der Waals surface area contributed by atoms with Crippen LogP contribution in [0.5, 0.6) is 0 Å². The Bertz CT molecular complexity index is 942. The molecule has 0 aliphatic carbocycles. The van der Waals surface area contributed by atoms with Crippen LogP contribution in [0.2, 0.25) is 0 Å². The summed E-state index contributed by atoms with van der Waals surface area (Å²) in [7, 11) is 0. The lowest BCUT2D eigenvalue weighted by molar-refractivity contribution is -0.378. The number of alkyl halides is 12. The molecule has 6 nitrogen and oxygen atoms in total. The van der Waals surface area contributed by atoms with Gasteiger partial charge in [0.25, 0.3) is 0 Å². The predicted octanol–water partition coefficient (Wildman–Crippen LogP) is 8.23. The summed E-state index contributed by atoms with van der Waals surface area (Å²) in [6, 6.07) is -1.81. The zero-order chi connectivity index (χ0) is 32.0. The fraction of sp³-hybridized carbons (Fsp3) is 0.636. The minimum Gasteiger partial charge on any atom is -0.429 e. The Kier molecular flexibility index (Phi) is 9.08. The maximum absolute atomic E-state index is 13.9. The Morgan fingerprint density at radius 3 is 0.800 bits per heavy atom. The topological polar surface area (TPSA) is 71.1 Å². The quantitative estimate of drug-likeness (QED) is 0.253. The summed E-state index contributed by atoms with van der Waals surface area (Å²) in [5.74, 6) is 0. The van der Waals surface area contributed by atoms with Crippen molar-refractivity contribution in [1.29, 1.82) is 0 Å². The third-order valence-electron chi connectivity index (χ3n) is 4.55. The van der Waals surface area contributed by atoms with E-state index in [0.29, 0.717) is 0 Å². The van der Waals surface area contributed by atoms with E-state index in [0.717, 1.165) is 41.5 Å². The predicted molar refractivity (Wildman–Crippen MR) is 109 cm³/mol. The van der Waals surface area contributed by atoms with E-state index in [1.807, 2.05) is 0 Å². The highest BCUT2D eigenvalue weighted by Crippen LogP contribution is 2.56. The molecule has 40 heavy (non-hydrogen) atoms. The zero-order valence-electron chi connectivity index (χ0n) is 21.3. The van der Waals surface area contributed by atoms with E-state index in [-0.39, 0.29) is 0 Å². The van der Waals surface area contributed by atoms with Gasteiger partial charge in [-0.1, -0.05) is 24.3 Å². The smallest absolute Gasteiger partial charge is 0.429 e. The van der Waals surface area contributed by atoms with Gasteiger partial charge in [-0.05, 0) is 41.5 Å². The summed E-state index contributed by atoms with van der Waals surface area (Å²) in [5, 5.41) is 0. The van der Waals surface area contributed by atoms with E-state index in [2.05, 4.69) is 18.9 Å². The molecule has 0 saturated carbocycles. The molecule has 0 heterocycles. The number of halogens is 12. The van der Waals surface area contributed by atoms with Crippen molar-refractivity contribution in [2.45, 2.75) is 88.7 Å². The van der Waals surface area contributed by atoms with Crippen LogP contribution >= 0.6 is 0 Å². The average molecular weight is 610 g/mol. The van der Waals surface area contributed by atoms with Crippen molar-refractivity contribution in [2.24, 2.45) is 0 Å². The van der Waals surface area contributed by atoms with E-state index in [1.54, 1.807) is 0 Å². The van der Waals surface area contributed by atoms with Crippen LogP contribution in [0.3, 0.4) is 0 Å². The Balaban J connectivity index is 3.94. The van der Waals surface area contributed by atoms with Gasteiger partial charge in [0.05, 0.1) is 0 Å². The lowest BCUT2D eigenvalue weighted by Gasteiger charge is -2.38. The molecule has 0 atom stereocenters. The van der Waals surface area contributed by atoms with E-state index in [1.165, 1.54) is 0 Å². The van der Waals surface area contributed by atoms with Gasteiger partial charge >= 0.3 is 48.2 Å². The molecule has 0 saturated heterocycles. The lowest BCUT2D eigenvalue weighted by atomic mass is 9.86. The maximum atomic E-state index is 13.9. The molecule has 1 rings (SSSR count). The molecule has 0 unspecified atom stereocenters. The van der Waals surface area contributed by atoms with E-state index in [9.17, 15) is 62.3 Å². The molecule has 1 aromatic carbocycles. The fourth-order valence-corrected chi connectivity index (χ4v) is 3.06. The number of hydrogen-bond acceptors (Lipinski definition) is 6. The van der Waals surface area contributed by atoms with Crippen LogP contribution in [0.1, 0.15) is 52.7 Å². The van der Waals surface area contributed by atoms with Gasteiger partial charge in [0, 0.05) is 11.1 Å². The van der Waals surface area contributed by atoms with E-state index in [4.69, 9.17) is 0 Å². The average Bonchev–Trinajstić information content (AvgIpc) is 2.64. The molecule has 1 aromatic rings.